The summed E-state index contributed by atoms with van der Waals surface area (Å²) in [5.41, 5.74) is 5.73. The van der Waals surface area contributed by atoms with Crippen molar-refractivity contribution in [3.8, 4) is 0 Å². The Bertz CT molecular complexity index is 532. The van der Waals surface area contributed by atoms with Crippen LogP contribution in [0.2, 0.25) is 0 Å². The van der Waals surface area contributed by atoms with E-state index in [2.05, 4.69) is 10.6 Å². The molecule has 4 N–H and O–H groups in total. The first-order valence-electron chi connectivity index (χ1n) is 6.22. The number of benzene rings is 1. The molecule has 0 aliphatic carbocycles. The molecular formula is C13H16N4O3. The van der Waals surface area contributed by atoms with Gasteiger partial charge in [-0.1, -0.05) is 18.2 Å². The van der Waals surface area contributed by atoms with Gasteiger partial charge in [-0.05, 0) is 19.1 Å². The average molecular weight is 276 g/mol. The number of anilines is 1. The van der Waals surface area contributed by atoms with Crippen LogP contribution in [0.1, 0.15) is 6.92 Å². The number of nitrogens with two attached hydrogens (primary N) is 1. The fraction of sp³-hybridized carbons (Fsp3) is 0.308. The third-order valence-electron chi connectivity index (χ3n) is 3.07. The lowest BCUT2D eigenvalue weighted by atomic mass is 10.1. The van der Waals surface area contributed by atoms with Crippen molar-refractivity contribution in [1.82, 2.24) is 10.6 Å². The molecule has 1 aromatic carbocycles. The number of rotatable bonds is 4. The third kappa shape index (κ3) is 2.87. The lowest BCUT2D eigenvalue weighted by Gasteiger charge is -2.39. The Morgan fingerprint density at radius 2 is 2.00 bits per heavy atom. The molecule has 0 bridgehead atoms. The molecule has 0 aromatic heterocycles. The molecule has 1 aliphatic heterocycles. The van der Waals surface area contributed by atoms with Crippen LogP contribution in [0, 0.1) is 0 Å². The summed E-state index contributed by atoms with van der Waals surface area (Å²) >= 11 is 0. The maximum Gasteiger partial charge on any atom is 0.312 e. The molecule has 0 radical (unpaired) electrons. The number of urea groups is 1. The fourth-order valence-corrected chi connectivity index (χ4v) is 1.95. The number of β-lactam (4-membered cyclic amide) rings is 1. The average Bonchev–Trinajstić information content (AvgIpc) is 2.42. The van der Waals surface area contributed by atoms with E-state index in [1.807, 2.05) is 30.3 Å². The molecule has 7 heteroatoms. The van der Waals surface area contributed by atoms with Crippen molar-refractivity contribution >= 4 is 23.5 Å². The highest BCUT2D eigenvalue weighted by atomic mass is 16.2. The molecule has 0 saturated carbocycles. The van der Waals surface area contributed by atoms with Gasteiger partial charge < -0.3 is 21.3 Å². The van der Waals surface area contributed by atoms with Gasteiger partial charge in [-0.3, -0.25) is 9.59 Å². The monoisotopic (exact) mass is 276 g/mol. The Morgan fingerprint density at radius 1 is 1.35 bits per heavy atom. The second-order valence-electron chi connectivity index (χ2n) is 4.58. The van der Waals surface area contributed by atoms with Gasteiger partial charge in [0.1, 0.15) is 12.1 Å². The Hall–Kier alpha value is -2.57. The normalized spacial score (nSPS) is 18.9. The van der Waals surface area contributed by atoms with Gasteiger partial charge in [-0.15, -0.1) is 0 Å². The van der Waals surface area contributed by atoms with Crippen molar-refractivity contribution in [3.05, 3.63) is 30.3 Å². The molecule has 2 rings (SSSR count). The van der Waals surface area contributed by atoms with Gasteiger partial charge in [0.2, 0.25) is 5.91 Å². The second kappa shape index (κ2) is 5.60. The van der Waals surface area contributed by atoms with Crippen molar-refractivity contribution in [3.63, 3.8) is 0 Å². The molecule has 0 unspecified atom stereocenters. The zero-order valence-corrected chi connectivity index (χ0v) is 11.0. The van der Waals surface area contributed by atoms with Crippen LogP contribution in [0.5, 0.6) is 0 Å². The summed E-state index contributed by atoms with van der Waals surface area (Å²) in [4.78, 5) is 35.9. The molecule has 4 amide bonds. The topological polar surface area (TPSA) is 105 Å². The number of amides is 4. The molecular weight excluding hydrogens is 260 g/mol. The molecule has 0 spiro atoms. The molecule has 2 atom stereocenters. The molecule has 1 aromatic rings. The van der Waals surface area contributed by atoms with Crippen LogP contribution in [0.15, 0.2) is 30.3 Å². The second-order valence-corrected chi connectivity index (χ2v) is 4.58. The van der Waals surface area contributed by atoms with Crippen LogP contribution < -0.4 is 21.3 Å². The maximum atomic E-state index is 11.9. The van der Waals surface area contributed by atoms with Crippen LogP contribution in [-0.4, -0.2) is 36.5 Å². The first-order valence-corrected chi connectivity index (χ1v) is 6.22. The first kappa shape index (κ1) is 13.9. The Kier molecular flexibility index (Phi) is 3.88. The van der Waals surface area contributed by atoms with Crippen molar-refractivity contribution in [2.75, 3.05) is 11.4 Å². The van der Waals surface area contributed by atoms with Gasteiger partial charge in [0, 0.05) is 5.69 Å². The van der Waals surface area contributed by atoms with E-state index < -0.39 is 24.0 Å². The molecule has 106 valence electrons. The minimum Gasteiger partial charge on any atom is -0.352 e. The highest BCUT2D eigenvalue weighted by Gasteiger charge is 2.39. The predicted molar refractivity (Wildman–Crippen MR) is 72.9 cm³/mol. The van der Waals surface area contributed by atoms with E-state index in [1.165, 1.54) is 6.92 Å². The number of hydrogen-bond donors (Lipinski definition) is 3. The van der Waals surface area contributed by atoms with Crippen LogP contribution in [0.3, 0.4) is 0 Å². The standard InChI is InChI=1S/C13H16N4O3/c1-8(15-13(14)20)11(18)16-10-7-17(12(10)19)9-5-3-2-4-6-9/h2-6,8,10H,7H2,1H3,(H,16,18)(H3,14,15,20)/t8-,10-/m0/s1. The number of nitrogens with one attached hydrogen (secondary N) is 2. The van der Waals surface area contributed by atoms with Crippen LogP contribution in [0.25, 0.3) is 0 Å². The van der Waals surface area contributed by atoms with Crippen molar-refractivity contribution < 1.29 is 14.4 Å². The van der Waals surface area contributed by atoms with E-state index in [0.29, 0.717) is 6.54 Å². The van der Waals surface area contributed by atoms with Crippen LogP contribution >= 0.6 is 0 Å². The maximum absolute atomic E-state index is 11.9. The molecule has 20 heavy (non-hydrogen) atoms. The highest BCUT2D eigenvalue weighted by molar-refractivity contribution is 6.06. The van der Waals surface area contributed by atoms with Crippen molar-refractivity contribution in [2.45, 2.75) is 19.0 Å². The number of primary amides is 1. The molecule has 1 fully saturated rings. The molecule has 7 nitrogen and oxygen atoms in total. The summed E-state index contributed by atoms with van der Waals surface area (Å²) < 4.78 is 0. The number of nitrogens with zero attached hydrogens (tertiary/aromatic N) is 1. The summed E-state index contributed by atoms with van der Waals surface area (Å²) in [7, 11) is 0. The number of carbonyl (C=O) groups is 3. The van der Waals surface area contributed by atoms with Gasteiger partial charge in [0.05, 0.1) is 6.54 Å². The number of para-hydroxylation sites is 1. The van der Waals surface area contributed by atoms with E-state index >= 15 is 0 Å². The van der Waals surface area contributed by atoms with E-state index in [4.69, 9.17) is 5.73 Å². The fourth-order valence-electron chi connectivity index (χ4n) is 1.95. The number of carbonyl (C=O) groups excluding carboxylic acids is 3. The van der Waals surface area contributed by atoms with Gasteiger partial charge in [-0.2, -0.15) is 0 Å². The summed E-state index contributed by atoms with van der Waals surface area (Å²) in [6, 6.07) is 7.09. The van der Waals surface area contributed by atoms with Gasteiger partial charge in [-0.25, -0.2) is 4.79 Å². The van der Waals surface area contributed by atoms with Crippen LogP contribution in [-0.2, 0) is 9.59 Å². The zero-order valence-electron chi connectivity index (χ0n) is 11.0. The molecule has 1 saturated heterocycles. The summed E-state index contributed by atoms with van der Waals surface area (Å²) in [5, 5.41) is 4.83. The lowest BCUT2D eigenvalue weighted by Crippen LogP contribution is -2.66. The number of hydrogen-bond acceptors (Lipinski definition) is 3. The molecule has 1 aliphatic rings. The predicted octanol–water partition coefficient (Wildman–Crippen LogP) is -0.425. The zero-order chi connectivity index (χ0) is 14.7. The SMILES string of the molecule is C[C@H](NC(N)=O)C(=O)N[C@H]1CN(c2ccccc2)C1=O. The third-order valence-corrected chi connectivity index (χ3v) is 3.07. The Balaban J connectivity index is 1.87. The van der Waals surface area contributed by atoms with Gasteiger partial charge >= 0.3 is 6.03 Å². The minimum absolute atomic E-state index is 0.171. The van der Waals surface area contributed by atoms with Gasteiger partial charge in [0.25, 0.3) is 5.91 Å². The van der Waals surface area contributed by atoms with Gasteiger partial charge in [0.15, 0.2) is 0 Å². The van der Waals surface area contributed by atoms with E-state index in [9.17, 15) is 14.4 Å². The summed E-state index contributed by atoms with van der Waals surface area (Å²) in [6.45, 7) is 1.91. The first-order chi connectivity index (χ1) is 9.49. The minimum atomic E-state index is -0.779. The summed E-state index contributed by atoms with van der Waals surface area (Å²) in [6.07, 6.45) is 0. The summed E-state index contributed by atoms with van der Waals surface area (Å²) in [5.74, 6) is -0.606. The van der Waals surface area contributed by atoms with E-state index in [0.717, 1.165) is 5.69 Å². The Morgan fingerprint density at radius 3 is 2.55 bits per heavy atom. The quantitative estimate of drug-likeness (QED) is 0.650. The largest absolute Gasteiger partial charge is 0.352 e. The highest BCUT2D eigenvalue weighted by Crippen LogP contribution is 2.21. The van der Waals surface area contributed by atoms with E-state index in [1.54, 1.807) is 4.90 Å². The van der Waals surface area contributed by atoms with E-state index in [-0.39, 0.29) is 5.91 Å². The van der Waals surface area contributed by atoms with Crippen molar-refractivity contribution in [1.29, 1.82) is 0 Å². The molecule has 1 heterocycles. The smallest absolute Gasteiger partial charge is 0.312 e. The lowest BCUT2D eigenvalue weighted by molar-refractivity contribution is -0.131. The van der Waals surface area contributed by atoms with Crippen molar-refractivity contribution in [2.24, 2.45) is 5.73 Å². The Labute approximate surface area is 116 Å². The van der Waals surface area contributed by atoms with Crippen LogP contribution in [0.4, 0.5) is 10.5 Å².